The van der Waals surface area contributed by atoms with Crippen LogP contribution in [0.15, 0.2) is 59.0 Å². The maximum Gasteiger partial charge on any atom is 0.291 e. The van der Waals surface area contributed by atoms with E-state index in [2.05, 4.69) is 5.32 Å². The van der Waals surface area contributed by atoms with Crippen molar-refractivity contribution >= 4 is 22.4 Å². The van der Waals surface area contributed by atoms with Crippen molar-refractivity contribution in [3.8, 4) is 11.3 Å². The summed E-state index contributed by atoms with van der Waals surface area (Å²) in [5.41, 5.74) is 3.14. The minimum Gasteiger partial charge on any atom is -0.451 e. The van der Waals surface area contributed by atoms with Crippen molar-refractivity contribution in [2.24, 2.45) is 0 Å². The Morgan fingerprint density at radius 2 is 1.85 bits per heavy atom. The molecule has 0 aliphatic carbocycles. The Morgan fingerprint density at radius 3 is 2.54 bits per heavy atom. The molecule has 0 aliphatic heterocycles. The number of amides is 1. The van der Waals surface area contributed by atoms with Crippen LogP contribution < -0.4 is 5.32 Å². The van der Waals surface area contributed by atoms with E-state index in [0.29, 0.717) is 22.8 Å². The summed E-state index contributed by atoms with van der Waals surface area (Å²) in [6.45, 7) is 1.88. The van der Waals surface area contributed by atoms with E-state index in [-0.39, 0.29) is 17.5 Å². The van der Waals surface area contributed by atoms with Crippen LogP contribution in [0.1, 0.15) is 21.7 Å². The van der Waals surface area contributed by atoms with Crippen LogP contribution in [0.4, 0.5) is 10.1 Å². The van der Waals surface area contributed by atoms with Gasteiger partial charge in [0.25, 0.3) is 5.91 Å². The summed E-state index contributed by atoms with van der Waals surface area (Å²) in [6.07, 6.45) is 1.64. The molecule has 4 nitrogen and oxygen atoms in total. The van der Waals surface area contributed by atoms with E-state index >= 15 is 0 Å². The summed E-state index contributed by atoms with van der Waals surface area (Å²) in [7, 11) is -0.961. The van der Waals surface area contributed by atoms with Crippen molar-refractivity contribution < 1.29 is 17.8 Å². The lowest BCUT2D eigenvalue weighted by Gasteiger charge is -2.11. The number of carbonyl (C=O) groups excluding carboxylic acids is 1. The molecule has 1 N–H and O–H groups in total. The monoisotopic (exact) mass is 371 g/mol. The maximum atomic E-state index is 13.0. The Balaban J connectivity index is 1.79. The van der Waals surface area contributed by atoms with Crippen molar-refractivity contribution in [2.75, 3.05) is 11.6 Å². The van der Waals surface area contributed by atoms with Crippen molar-refractivity contribution in [1.29, 1.82) is 0 Å². The lowest BCUT2D eigenvalue weighted by atomic mass is 10.1. The molecule has 1 unspecified atom stereocenters. The van der Waals surface area contributed by atoms with Crippen LogP contribution in [0.5, 0.6) is 0 Å². The summed E-state index contributed by atoms with van der Waals surface area (Å²) in [5, 5.41) is 2.82. The van der Waals surface area contributed by atoms with Gasteiger partial charge in [-0.05, 0) is 60.5 Å². The standard InChI is InChI=1S/C20H18FNO3S/c1-13-15(12-26(2)24)4-3-5-17(13)22-20(23)19-11-10-18(25-19)14-6-8-16(21)9-7-14/h3-11H,12H2,1-2H3,(H,22,23). The van der Waals surface area contributed by atoms with E-state index in [0.717, 1.165) is 11.1 Å². The number of anilines is 1. The minimum atomic E-state index is -0.961. The molecule has 134 valence electrons. The molecule has 26 heavy (non-hydrogen) atoms. The maximum absolute atomic E-state index is 13.0. The zero-order chi connectivity index (χ0) is 18.7. The van der Waals surface area contributed by atoms with Gasteiger partial charge in [0.2, 0.25) is 0 Å². The van der Waals surface area contributed by atoms with Gasteiger partial charge in [-0.2, -0.15) is 0 Å². The highest BCUT2D eigenvalue weighted by molar-refractivity contribution is 7.83. The van der Waals surface area contributed by atoms with Gasteiger partial charge < -0.3 is 9.73 Å². The molecule has 3 aromatic rings. The summed E-state index contributed by atoms with van der Waals surface area (Å²) < 4.78 is 30.1. The average Bonchev–Trinajstić information content (AvgIpc) is 3.09. The van der Waals surface area contributed by atoms with Gasteiger partial charge in [-0.15, -0.1) is 0 Å². The third-order valence-corrected chi connectivity index (χ3v) is 4.73. The van der Waals surface area contributed by atoms with Crippen molar-refractivity contribution in [1.82, 2.24) is 0 Å². The van der Waals surface area contributed by atoms with Gasteiger partial charge in [-0.25, -0.2) is 4.39 Å². The second kappa shape index (κ2) is 7.66. The zero-order valence-corrected chi connectivity index (χ0v) is 15.2. The normalized spacial score (nSPS) is 12.0. The summed E-state index contributed by atoms with van der Waals surface area (Å²) in [6, 6.07) is 14.6. The van der Waals surface area contributed by atoms with Gasteiger partial charge in [0.05, 0.1) is 0 Å². The molecular weight excluding hydrogens is 353 g/mol. The van der Waals surface area contributed by atoms with E-state index in [1.54, 1.807) is 36.6 Å². The van der Waals surface area contributed by atoms with Crippen LogP contribution >= 0.6 is 0 Å². The highest BCUT2D eigenvalue weighted by Crippen LogP contribution is 2.24. The molecule has 1 amide bonds. The first kappa shape index (κ1) is 18.1. The molecule has 0 bridgehead atoms. The highest BCUT2D eigenvalue weighted by atomic mass is 32.2. The van der Waals surface area contributed by atoms with Gasteiger partial charge in [0.1, 0.15) is 11.6 Å². The fraction of sp³-hybridized carbons (Fsp3) is 0.150. The molecule has 6 heteroatoms. The Labute approximate surface area is 153 Å². The number of benzene rings is 2. The van der Waals surface area contributed by atoms with Gasteiger partial charge in [-0.3, -0.25) is 9.00 Å². The van der Waals surface area contributed by atoms with Crippen molar-refractivity contribution in [2.45, 2.75) is 12.7 Å². The lowest BCUT2D eigenvalue weighted by Crippen LogP contribution is -2.12. The first-order valence-corrected chi connectivity index (χ1v) is 9.72. The molecule has 0 fully saturated rings. The van der Waals surface area contributed by atoms with Crippen LogP contribution in [0, 0.1) is 12.7 Å². The Hall–Kier alpha value is -2.73. The number of hydrogen-bond acceptors (Lipinski definition) is 3. The second-order valence-corrected chi connectivity index (χ2v) is 7.37. The molecule has 0 radical (unpaired) electrons. The van der Waals surface area contributed by atoms with Crippen LogP contribution in [0.2, 0.25) is 0 Å². The fourth-order valence-electron chi connectivity index (χ4n) is 2.61. The number of rotatable bonds is 5. The molecule has 1 heterocycles. The Bertz CT molecular complexity index is 963. The molecule has 0 aliphatic rings. The molecule has 3 rings (SSSR count). The summed E-state index contributed by atoms with van der Waals surface area (Å²) in [5.74, 6) is 0.374. The lowest BCUT2D eigenvalue weighted by molar-refractivity contribution is 0.0997. The Morgan fingerprint density at radius 1 is 1.12 bits per heavy atom. The van der Waals surface area contributed by atoms with Gasteiger partial charge in [-0.1, -0.05) is 12.1 Å². The predicted molar refractivity (Wildman–Crippen MR) is 101 cm³/mol. The van der Waals surface area contributed by atoms with Crippen molar-refractivity contribution in [3.05, 3.63) is 77.3 Å². The molecule has 0 saturated carbocycles. The van der Waals surface area contributed by atoms with E-state index in [1.807, 2.05) is 19.1 Å². The SMILES string of the molecule is Cc1c(CS(C)=O)cccc1NC(=O)c1ccc(-c2ccc(F)cc2)o1. The number of carbonyl (C=O) groups is 1. The zero-order valence-electron chi connectivity index (χ0n) is 14.4. The number of furan rings is 1. The van der Waals surface area contributed by atoms with Crippen LogP contribution in [-0.2, 0) is 16.6 Å². The largest absolute Gasteiger partial charge is 0.451 e. The fourth-order valence-corrected chi connectivity index (χ4v) is 3.36. The van der Waals surface area contributed by atoms with Crippen LogP contribution in [0.25, 0.3) is 11.3 Å². The van der Waals surface area contributed by atoms with Crippen LogP contribution in [-0.4, -0.2) is 16.4 Å². The second-order valence-electron chi connectivity index (χ2n) is 5.93. The molecule has 0 spiro atoms. The highest BCUT2D eigenvalue weighted by Gasteiger charge is 2.14. The van der Waals surface area contributed by atoms with Gasteiger partial charge in [0, 0.05) is 34.1 Å². The summed E-state index contributed by atoms with van der Waals surface area (Å²) >= 11 is 0. The number of nitrogens with one attached hydrogen (secondary N) is 1. The van der Waals surface area contributed by atoms with E-state index in [4.69, 9.17) is 4.42 Å². The summed E-state index contributed by atoms with van der Waals surface area (Å²) in [4.78, 5) is 12.5. The molecule has 2 aromatic carbocycles. The molecule has 0 saturated heterocycles. The van der Waals surface area contributed by atoms with Gasteiger partial charge >= 0.3 is 0 Å². The third-order valence-electron chi connectivity index (χ3n) is 4.01. The van der Waals surface area contributed by atoms with Crippen LogP contribution in [0.3, 0.4) is 0 Å². The first-order chi connectivity index (χ1) is 12.4. The molecular formula is C20H18FNO3S. The Kier molecular flexibility index (Phi) is 5.32. The third kappa shape index (κ3) is 4.08. The minimum absolute atomic E-state index is 0.160. The average molecular weight is 371 g/mol. The molecule has 1 aromatic heterocycles. The molecule has 1 atom stereocenters. The van der Waals surface area contributed by atoms with E-state index in [1.165, 1.54) is 12.1 Å². The van der Waals surface area contributed by atoms with E-state index < -0.39 is 10.8 Å². The topological polar surface area (TPSA) is 59.3 Å². The van der Waals surface area contributed by atoms with Gasteiger partial charge in [0.15, 0.2) is 5.76 Å². The number of halogens is 1. The first-order valence-electron chi connectivity index (χ1n) is 7.99. The quantitative estimate of drug-likeness (QED) is 0.717. The van der Waals surface area contributed by atoms with E-state index in [9.17, 15) is 13.4 Å². The van der Waals surface area contributed by atoms with Crippen molar-refractivity contribution in [3.63, 3.8) is 0 Å². The number of hydrogen-bond donors (Lipinski definition) is 1. The predicted octanol–water partition coefficient (Wildman–Crippen LogP) is 4.52. The smallest absolute Gasteiger partial charge is 0.291 e.